The number of hydrogen-bond donors (Lipinski definition) is 4. The number of hydrogen-bond acceptors (Lipinski definition) is 12. The fourth-order valence-corrected chi connectivity index (χ4v) is 8.89. The summed E-state index contributed by atoms with van der Waals surface area (Å²) in [6.07, 6.45) is 12.3. The highest BCUT2D eigenvalue weighted by molar-refractivity contribution is 9.10. The topological polar surface area (TPSA) is 144 Å². The van der Waals surface area contributed by atoms with Gasteiger partial charge in [-0.3, -0.25) is 9.97 Å². The molecule has 2 saturated heterocycles. The predicted molar refractivity (Wildman–Crippen MR) is 209 cm³/mol. The van der Waals surface area contributed by atoms with Crippen LogP contribution in [0.2, 0.25) is 0 Å². The van der Waals surface area contributed by atoms with E-state index in [2.05, 4.69) is 56.6 Å². The minimum absolute atomic E-state index is 0.289. The van der Waals surface area contributed by atoms with Crippen LogP contribution in [0.5, 0.6) is 5.75 Å². The number of methoxy groups -OCH3 is 1. The fourth-order valence-electron chi connectivity index (χ4n) is 7.20. The Morgan fingerprint density at radius 3 is 2.45 bits per heavy atom. The molecular formula is C36H45BrFN10O2P. The zero-order valence-corrected chi connectivity index (χ0v) is 32.0. The second-order valence-electron chi connectivity index (χ2n) is 13.5. The molecule has 4 heterocycles. The molecule has 6 rings (SSSR count). The van der Waals surface area contributed by atoms with Gasteiger partial charge in [0, 0.05) is 80.6 Å². The lowest BCUT2D eigenvalue weighted by molar-refractivity contribution is 0.0764. The van der Waals surface area contributed by atoms with E-state index in [-0.39, 0.29) is 12.1 Å². The molecular weight excluding hydrogens is 734 g/mol. The van der Waals surface area contributed by atoms with Crippen molar-refractivity contribution in [2.45, 2.75) is 25.7 Å². The smallest absolute Gasteiger partial charge is 0.229 e. The third kappa shape index (κ3) is 8.03. The van der Waals surface area contributed by atoms with E-state index in [9.17, 15) is 8.96 Å². The molecule has 270 valence electrons. The highest BCUT2D eigenvalue weighted by Crippen LogP contribution is 2.45. The van der Waals surface area contributed by atoms with E-state index >= 15 is 0 Å². The summed E-state index contributed by atoms with van der Waals surface area (Å²) in [5.74, 6) is 1.38. The van der Waals surface area contributed by atoms with Crippen LogP contribution in [0.25, 0.3) is 16.6 Å². The minimum atomic E-state index is -2.79. The number of likely N-dealkylation sites (tertiary alicyclic amines) is 1. The molecule has 15 heteroatoms. The Bertz CT molecular complexity index is 1970. The third-order valence-corrected chi connectivity index (χ3v) is 12.1. The molecule has 2 aliphatic rings. The fraction of sp³-hybridized carbons (Fsp3) is 0.417. The van der Waals surface area contributed by atoms with Crippen LogP contribution in [0.3, 0.4) is 0 Å². The normalized spacial score (nSPS) is 16.7. The first-order valence-electron chi connectivity index (χ1n) is 17.1. The van der Waals surface area contributed by atoms with E-state index in [1.54, 1.807) is 39.0 Å². The largest absolute Gasteiger partial charge is 0.494 e. The zero-order chi connectivity index (χ0) is 36.2. The highest BCUT2D eigenvalue weighted by atomic mass is 79.9. The van der Waals surface area contributed by atoms with E-state index in [4.69, 9.17) is 15.1 Å². The zero-order valence-electron chi connectivity index (χ0n) is 29.5. The van der Waals surface area contributed by atoms with Gasteiger partial charge < -0.3 is 40.5 Å². The molecule has 12 nitrogen and oxygen atoms in total. The van der Waals surface area contributed by atoms with Crippen LogP contribution in [0.1, 0.15) is 31.2 Å². The number of aromatic nitrogens is 4. The van der Waals surface area contributed by atoms with Crippen LogP contribution >= 0.6 is 23.1 Å². The van der Waals surface area contributed by atoms with E-state index in [0.717, 1.165) is 63.1 Å². The summed E-state index contributed by atoms with van der Waals surface area (Å²) in [4.78, 5) is 22.8. The predicted octanol–water partition coefficient (Wildman–Crippen LogP) is 6.79. The van der Waals surface area contributed by atoms with Gasteiger partial charge in [-0.2, -0.15) is 4.98 Å². The number of ether oxygens (including phenoxy) is 1. The molecule has 1 spiro atoms. The van der Waals surface area contributed by atoms with Gasteiger partial charge in [-0.25, -0.2) is 9.37 Å². The number of fused-ring (bicyclic) bond motifs is 1. The first-order chi connectivity index (χ1) is 24.6. The second-order valence-corrected chi connectivity index (χ2v) is 17.5. The third-order valence-electron chi connectivity index (χ3n) is 9.96. The minimum Gasteiger partial charge on any atom is -0.494 e. The Kier molecular flexibility index (Phi) is 11.2. The van der Waals surface area contributed by atoms with Crippen LogP contribution in [-0.2, 0) is 4.57 Å². The highest BCUT2D eigenvalue weighted by Gasteiger charge is 2.38. The molecule has 2 fully saturated rings. The maximum Gasteiger partial charge on any atom is 0.229 e. The van der Waals surface area contributed by atoms with Crippen molar-refractivity contribution in [3.63, 3.8) is 0 Å². The van der Waals surface area contributed by atoms with Crippen LogP contribution in [0, 0.1) is 10.8 Å². The molecule has 0 aliphatic carbocycles. The molecule has 2 aliphatic heterocycles. The first-order valence-corrected chi connectivity index (χ1v) is 20.5. The van der Waals surface area contributed by atoms with Gasteiger partial charge in [0.15, 0.2) is 0 Å². The molecule has 0 amide bonds. The summed E-state index contributed by atoms with van der Waals surface area (Å²) in [5.41, 5.74) is 5.36. The summed E-state index contributed by atoms with van der Waals surface area (Å²) in [6.45, 7) is 7.34. The number of piperidine rings is 2. The molecule has 2 aromatic carbocycles. The number of nitrogens with zero attached hydrogens (tertiary/aromatic N) is 6. The summed E-state index contributed by atoms with van der Waals surface area (Å²) in [5, 5.41) is 18.7. The van der Waals surface area contributed by atoms with Crippen molar-refractivity contribution in [2.75, 3.05) is 82.4 Å². The Labute approximate surface area is 306 Å². The van der Waals surface area contributed by atoms with E-state index in [0.29, 0.717) is 61.8 Å². The summed E-state index contributed by atoms with van der Waals surface area (Å²) in [6, 6.07) is 7.68. The van der Waals surface area contributed by atoms with E-state index < -0.39 is 7.14 Å². The van der Waals surface area contributed by atoms with Gasteiger partial charge >= 0.3 is 0 Å². The molecule has 0 bridgehead atoms. The average molecular weight is 780 g/mol. The van der Waals surface area contributed by atoms with Crippen molar-refractivity contribution < 1.29 is 13.7 Å². The van der Waals surface area contributed by atoms with Crippen molar-refractivity contribution in [1.82, 2.24) is 30.2 Å². The van der Waals surface area contributed by atoms with Crippen molar-refractivity contribution in [3.8, 4) is 5.75 Å². The Hall–Kier alpha value is -4.13. The molecule has 0 unspecified atom stereocenters. The second kappa shape index (κ2) is 15.6. The Balaban J connectivity index is 1.30. The molecule has 2 aromatic heterocycles. The lowest BCUT2D eigenvalue weighted by Gasteiger charge is -2.47. The van der Waals surface area contributed by atoms with Gasteiger partial charge in [0.25, 0.3) is 0 Å². The van der Waals surface area contributed by atoms with Gasteiger partial charge in [0.05, 0.1) is 33.8 Å². The number of allylic oxidation sites excluding steroid dienone is 1. The number of anilines is 5. The number of rotatable bonds is 12. The number of alkyl halides is 1. The summed E-state index contributed by atoms with van der Waals surface area (Å²) >= 11 is 3.57. The van der Waals surface area contributed by atoms with E-state index in [1.165, 1.54) is 6.21 Å². The van der Waals surface area contributed by atoms with Crippen molar-refractivity contribution in [1.29, 1.82) is 5.41 Å². The monoisotopic (exact) mass is 778 g/mol. The Morgan fingerprint density at radius 1 is 1.06 bits per heavy atom. The van der Waals surface area contributed by atoms with Crippen LogP contribution in [0.4, 0.5) is 33.2 Å². The molecule has 0 atom stereocenters. The summed E-state index contributed by atoms with van der Waals surface area (Å²) < 4.78 is 33.0. The van der Waals surface area contributed by atoms with Crippen LogP contribution < -0.4 is 30.9 Å². The quantitative estimate of drug-likeness (QED) is 0.0892. The van der Waals surface area contributed by atoms with Gasteiger partial charge in [-0.05, 0) is 91.6 Å². The van der Waals surface area contributed by atoms with Crippen molar-refractivity contribution in [2.24, 2.45) is 5.41 Å². The van der Waals surface area contributed by atoms with Gasteiger partial charge in [-0.1, -0.05) is 0 Å². The summed E-state index contributed by atoms with van der Waals surface area (Å²) in [7, 11) is 0.663. The SMILES string of the molecule is CN/C=C(\C=N)c1cc(Nc2ncc(Br)c(Nc3ccc4nccnc4c3P(C)(C)=O)n2)c(OC)cc1N1CCC2(CCN(CCF)CC2)CC1. The van der Waals surface area contributed by atoms with Gasteiger partial charge in [0.2, 0.25) is 5.95 Å². The number of nitrogens with one attached hydrogen (secondary N) is 4. The molecule has 4 N–H and O–H groups in total. The number of benzene rings is 2. The lowest BCUT2D eigenvalue weighted by Crippen LogP contribution is -2.47. The average Bonchev–Trinajstić information content (AvgIpc) is 3.13. The van der Waals surface area contributed by atoms with Crippen LogP contribution in [0.15, 0.2) is 53.5 Å². The molecule has 51 heavy (non-hydrogen) atoms. The van der Waals surface area contributed by atoms with Crippen molar-refractivity contribution in [3.05, 3.63) is 59.1 Å². The van der Waals surface area contributed by atoms with E-state index in [1.807, 2.05) is 37.5 Å². The van der Waals surface area contributed by atoms with Gasteiger partial charge in [-0.15, -0.1) is 0 Å². The maximum absolute atomic E-state index is 13.5. The van der Waals surface area contributed by atoms with Gasteiger partial charge in [0.1, 0.15) is 30.9 Å². The molecule has 4 aromatic rings. The van der Waals surface area contributed by atoms with Crippen molar-refractivity contribution >= 4 is 80.0 Å². The standard InChI is InChI=1S/C36H45BrFN10O2P/c1-40-22-24(21-39)25-19-29(31(50-2)20-30(25)48-16-9-36(10-17-48)7-14-47(15-8-36)18-11-38)45-35-43-23-26(37)34(46-35)44-28-6-5-27-32(42-13-12-41-27)33(28)51(3,4)49/h5-6,12-13,19-23,39-40H,7-11,14-18H2,1-4H3,(H2,43,44,45,46)/b24-22+,39-21?. The molecule has 0 radical (unpaired) electrons. The molecule has 0 saturated carbocycles. The van der Waals surface area contributed by atoms with Crippen LogP contribution in [-0.4, -0.2) is 97.9 Å². The Morgan fingerprint density at radius 2 is 1.78 bits per heavy atom. The first kappa shape index (κ1) is 36.7. The maximum atomic E-state index is 13.5. The number of halogens is 2. The lowest BCUT2D eigenvalue weighted by atomic mass is 9.71.